The van der Waals surface area contributed by atoms with Crippen molar-refractivity contribution in [2.45, 2.75) is 20.8 Å². The molecule has 0 amide bonds. The first-order valence-corrected chi connectivity index (χ1v) is 9.04. The Labute approximate surface area is 167 Å². The SMILES string of the molecule is CCOC(=O)c1c(C)[nH]c(C)c1C(=O)COC(=O)C=Cc1ccc2c(c1)OCO2. The molecule has 2 aromatic rings. The molecule has 0 atom stereocenters. The molecule has 152 valence electrons. The van der Waals surface area contributed by atoms with E-state index in [9.17, 15) is 14.4 Å². The van der Waals surface area contributed by atoms with Crippen LogP contribution in [0.15, 0.2) is 24.3 Å². The molecule has 8 nitrogen and oxygen atoms in total. The Balaban J connectivity index is 1.63. The van der Waals surface area contributed by atoms with Crippen LogP contribution in [0.2, 0.25) is 0 Å². The third kappa shape index (κ3) is 4.48. The topological polar surface area (TPSA) is 104 Å². The van der Waals surface area contributed by atoms with Crippen molar-refractivity contribution >= 4 is 23.8 Å². The van der Waals surface area contributed by atoms with Gasteiger partial charge in [0.25, 0.3) is 0 Å². The zero-order valence-electron chi connectivity index (χ0n) is 16.4. The number of Topliss-reactive ketones (excluding diaryl/α,β-unsaturated/α-hetero) is 1. The Kier molecular flexibility index (Phi) is 6.01. The molecule has 0 saturated heterocycles. The van der Waals surface area contributed by atoms with E-state index in [2.05, 4.69) is 4.98 Å². The van der Waals surface area contributed by atoms with E-state index in [4.69, 9.17) is 18.9 Å². The molecule has 0 bridgehead atoms. The summed E-state index contributed by atoms with van der Waals surface area (Å²) in [6.07, 6.45) is 2.76. The highest BCUT2D eigenvalue weighted by atomic mass is 16.7. The molecule has 1 aromatic carbocycles. The monoisotopic (exact) mass is 399 g/mol. The molecule has 1 N–H and O–H groups in total. The summed E-state index contributed by atoms with van der Waals surface area (Å²) in [5, 5.41) is 0. The van der Waals surface area contributed by atoms with Gasteiger partial charge < -0.3 is 23.9 Å². The van der Waals surface area contributed by atoms with E-state index in [0.717, 1.165) is 5.56 Å². The smallest absolute Gasteiger partial charge is 0.340 e. The molecule has 2 heterocycles. The lowest BCUT2D eigenvalue weighted by Gasteiger charge is -2.06. The van der Waals surface area contributed by atoms with Gasteiger partial charge in [-0.15, -0.1) is 0 Å². The van der Waals surface area contributed by atoms with Crippen LogP contribution < -0.4 is 9.47 Å². The fraction of sp³-hybridized carbons (Fsp3) is 0.286. The van der Waals surface area contributed by atoms with Gasteiger partial charge in [0.05, 0.1) is 17.7 Å². The van der Waals surface area contributed by atoms with Crippen molar-refractivity contribution in [3.8, 4) is 11.5 Å². The zero-order chi connectivity index (χ0) is 21.0. The van der Waals surface area contributed by atoms with Gasteiger partial charge in [-0.2, -0.15) is 0 Å². The third-order valence-electron chi connectivity index (χ3n) is 4.29. The first-order chi connectivity index (χ1) is 13.9. The fourth-order valence-electron chi connectivity index (χ4n) is 3.03. The lowest BCUT2D eigenvalue weighted by atomic mass is 10.1. The number of aromatic nitrogens is 1. The van der Waals surface area contributed by atoms with Gasteiger partial charge in [-0.1, -0.05) is 6.07 Å². The van der Waals surface area contributed by atoms with Crippen molar-refractivity contribution < 1.29 is 33.3 Å². The number of aromatic amines is 1. The van der Waals surface area contributed by atoms with E-state index in [1.54, 1.807) is 45.0 Å². The van der Waals surface area contributed by atoms with Crippen molar-refractivity contribution in [2.24, 2.45) is 0 Å². The van der Waals surface area contributed by atoms with Gasteiger partial charge in [-0.05, 0) is 44.5 Å². The van der Waals surface area contributed by atoms with Crippen LogP contribution in [0.3, 0.4) is 0 Å². The Hall–Kier alpha value is -3.55. The van der Waals surface area contributed by atoms with Crippen LogP contribution in [-0.2, 0) is 14.3 Å². The largest absolute Gasteiger partial charge is 0.462 e. The maximum Gasteiger partial charge on any atom is 0.340 e. The van der Waals surface area contributed by atoms with Crippen LogP contribution in [0.25, 0.3) is 6.08 Å². The van der Waals surface area contributed by atoms with Crippen LogP contribution in [0.5, 0.6) is 11.5 Å². The predicted molar refractivity (Wildman–Crippen MR) is 103 cm³/mol. The standard InChI is InChI=1S/C21H21NO7/c1-4-26-21(25)20-13(3)22-12(2)19(20)15(23)10-27-18(24)8-6-14-5-7-16-17(9-14)29-11-28-16/h5-9,22H,4,10-11H2,1-3H3. The Bertz CT molecular complexity index is 987. The van der Waals surface area contributed by atoms with Gasteiger partial charge in [0.2, 0.25) is 12.6 Å². The quantitative estimate of drug-likeness (QED) is 0.434. The highest BCUT2D eigenvalue weighted by Crippen LogP contribution is 2.32. The number of esters is 2. The number of fused-ring (bicyclic) bond motifs is 1. The van der Waals surface area contributed by atoms with Crippen LogP contribution >= 0.6 is 0 Å². The molecule has 0 spiro atoms. The number of hydrogen-bond acceptors (Lipinski definition) is 7. The number of ether oxygens (including phenoxy) is 4. The average Bonchev–Trinajstić information content (AvgIpc) is 3.27. The molecule has 1 aliphatic heterocycles. The average molecular weight is 399 g/mol. The molecule has 1 aromatic heterocycles. The number of nitrogens with one attached hydrogen (secondary N) is 1. The summed E-state index contributed by atoms with van der Waals surface area (Å²) in [5.74, 6) is -0.518. The number of carbonyl (C=O) groups is 3. The van der Waals surface area contributed by atoms with Crippen LogP contribution in [-0.4, -0.2) is 42.7 Å². The van der Waals surface area contributed by atoms with Crippen LogP contribution in [0, 0.1) is 13.8 Å². The van der Waals surface area contributed by atoms with Gasteiger partial charge in [0.1, 0.15) is 0 Å². The van der Waals surface area contributed by atoms with Gasteiger partial charge in [-0.3, -0.25) is 4.79 Å². The molecule has 0 radical (unpaired) electrons. The number of benzene rings is 1. The van der Waals surface area contributed by atoms with E-state index in [1.807, 2.05) is 0 Å². The lowest BCUT2D eigenvalue weighted by Crippen LogP contribution is -2.17. The van der Waals surface area contributed by atoms with E-state index in [1.165, 1.54) is 6.08 Å². The first-order valence-electron chi connectivity index (χ1n) is 9.04. The molecule has 29 heavy (non-hydrogen) atoms. The molecule has 8 heteroatoms. The summed E-state index contributed by atoms with van der Waals surface area (Å²) in [6, 6.07) is 5.24. The van der Waals surface area contributed by atoms with Gasteiger partial charge in [-0.25, -0.2) is 9.59 Å². The number of aryl methyl sites for hydroxylation is 2. The summed E-state index contributed by atoms with van der Waals surface area (Å²) in [5.41, 5.74) is 2.11. The number of rotatable bonds is 7. The number of carbonyl (C=O) groups excluding carboxylic acids is 3. The highest BCUT2D eigenvalue weighted by molar-refractivity contribution is 6.09. The maximum absolute atomic E-state index is 12.6. The summed E-state index contributed by atoms with van der Waals surface area (Å²) >= 11 is 0. The third-order valence-corrected chi connectivity index (χ3v) is 4.29. The summed E-state index contributed by atoms with van der Waals surface area (Å²) in [7, 11) is 0. The Morgan fingerprint density at radius 1 is 1.07 bits per heavy atom. The normalized spacial score (nSPS) is 12.2. The number of hydrogen-bond donors (Lipinski definition) is 1. The predicted octanol–water partition coefficient (Wildman–Crippen LogP) is 2.98. The molecular formula is C21H21NO7. The minimum atomic E-state index is -0.682. The van der Waals surface area contributed by atoms with E-state index in [-0.39, 0.29) is 24.5 Å². The second-order valence-corrected chi connectivity index (χ2v) is 6.32. The van der Waals surface area contributed by atoms with Crippen LogP contribution in [0.4, 0.5) is 0 Å². The van der Waals surface area contributed by atoms with Crippen molar-refractivity contribution in [1.29, 1.82) is 0 Å². The second-order valence-electron chi connectivity index (χ2n) is 6.32. The molecule has 0 unspecified atom stereocenters. The van der Waals surface area contributed by atoms with Gasteiger partial charge in [0, 0.05) is 17.5 Å². The van der Waals surface area contributed by atoms with Crippen molar-refractivity contribution in [3.05, 3.63) is 52.4 Å². The molecule has 3 rings (SSSR count). The van der Waals surface area contributed by atoms with Gasteiger partial charge >= 0.3 is 11.9 Å². The minimum absolute atomic E-state index is 0.165. The highest BCUT2D eigenvalue weighted by Gasteiger charge is 2.25. The molecule has 1 aliphatic rings. The fourth-order valence-corrected chi connectivity index (χ4v) is 3.03. The lowest BCUT2D eigenvalue weighted by molar-refractivity contribution is -0.136. The van der Waals surface area contributed by atoms with E-state index < -0.39 is 24.3 Å². The maximum atomic E-state index is 12.6. The number of ketones is 1. The Morgan fingerprint density at radius 2 is 1.79 bits per heavy atom. The Morgan fingerprint density at radius 3 is 2.55 bits per heavy atom. The van der Waals surface area contributed by atoms with Crippen molar-refractivity contribution in [2.75, 3.05) is 20.0 Å². The van der Waals surface area contributed by atoms with Gasteiger partial charge in [0.15, 0.2) is 18.1 Å². The summed E-state index contributed by atoms with van der Waals surface area (Å²) in [4.78, 5) is 39.6. The summed E-state index contributed by atoms with van der Waals surface area (Å²) < 4.78 is 20.5. The molecule has 0 aliphatic carbocycles. The molecule has 0 saturated carbocycles. The molecule has 0 fully saturated rings. The van der Waals surface area contributed by atoms with Crippen molar-refractivity contribution in [1.82, 2.24) is 4.98 Å². The van der Waals surface area contributed by atoms with E-state index >= 15 is 0 Å². The first kappa shape index (κ1) is 20.2. The minimum Gasteiger partial charge on any atom is -0.462 e. The zero-order valence-corrected chi connectivity index (χ0v) is 16.4. The van der Waals surface area contributed by atoms with E-state index in [0.29, 0.717) is 22.9 Å². The second kappa shape index (κ2) is 8.64. The van der Waals surface area contributed by atoms with Crippen molar-refractivity contribution in [3.63, 3.8) is 0 Å². The molecular weight excluding hydrogens is 378 g/mol. The van der Waals surface area contributed by atoms with Crippen LogP contribution in [0.1, 0.15) is 44.6 Å². The number of H-pyrrole nitrogens is 1. The summed E-state index contributed by atoms with van der Waals surface area (Å²) in [6.45, 7) is 4.89.